The van der Waals surface area contributed by atoms with Crippen molar-refractivity contribution in [3.8, 4) is 0 Å². The lowest BCUT2D eigenvalue weighted by Crippen LogP contribution is -2.59. The lowest BCUT2D eigenvalue weighted by atomic mass is 9.99. The summed E-state index contributed by atoms with van der Waals surface area (Å²) in [6.07, 6.45) is 39.2. The number of aliphatic hydroxyl groups is 4. The van der Waals surface area contributed by atoms with Crippen molar-refractivity contribution in [1.82, 2.24) is 0 Å². The topological polar surface area (TPSA) is 135 Å². The molecule has 310 valence electrons. The van der Waals surface area contributed by atoms with Gasteiger partial charge in [0.1, 0.15) is 30.5 Å². The maximum atomic E-state index is 12.7. The predicted molar refractivity (Wildman–Crippen MR) is 219 cm³/mol. The van der Waals surface area contributed by atoms with Crippen molar-refractivity contribution in [1.29, 1.82) is 0 Å². The Balaban J connectivity index is 2.32. The van der Waals surface area contributed by atoms with E-state index in [1.165, 1.54) is 19.3 Å². The van der Waals surface area contributed by atoms with Crippen LogP contribution in [0.3, 0.4) is 0 Å². The molecule has 1 aliphatic rings. The van der Waals surface area contributed by atoms with Crippen LogP contribution in [-0.4, -0.2) is 89.6 Å². The zero-order valence-electron chi connectivity index (χ0n) is 33.7. The van der Waals surface area contributed by atoms with Crippen molar-refractivity contribution >= 4 is 5.97 Å². The lowest BCUT2D eigenvalue weighted by molar-refractivity contribution is -0.305. The first kappa shape index (κ1) is 49.6. The molecule has 1 saturated heterocycles. The van der Waals surface area contributed by atoms with E-state index in [9.17, 15) is 25.2 Å². The van der Waals surface area contributed by atoms with E-state index in [4.69, 9.17) is 18.9 Å². The molecule has 0 radical (unpaired) electrons. The van der Waals surface area contributed by atoms with Crippen LogP contribution in [0.2, 0.25) is 0 Å². The summed E-state index contributed by atoms with van der Waals surface area (Å²) in [5.41, 5.74) is 0. The highest BCUT2D eigenvalue weighted by Gasteiger charge is 2.44. The fourth-order valence-electron chi connectivity index (χ4n) is 5.87. The third-order valence-corrected chi connectivity index (χ3v) is 9.12. The number of unbranched alkanes of at least 4 members (excludes halogenated alkanes) is 11. The minimum absolute atomic E-state index is 0.124. The molecule has 1 aliphatic heterocycles. The predicted octanol–water partition coefficient (Wildman–Crippen LogP) is 8.91. The highest BCUT2D eigenvalue weighted by atomic mass is 16.7. The molecular formula is C45H76O9. The minimum Gasteiger partial charge on any atom is -0.457 e. The van der Waals surface area contributed by atoms with Crippen LogP contribution in [0.5, 0.6) is 0 Å². The number of hydrogen-bond acceptors (Lipinski definition) is 9. The average molecular weight is 761 g/mol. The molecule has 1 fully saturated rings. The first-order valence-electron chi connectivity index (χ1n) is 21.0. The second-order valence-electron chi connectivity index (χ2n) is 14.0. The Hall–Kier alpha value is -2.37. The van der Waals surface area contributed by atoms with Crippen molar-refractivity contribution in [2.75, 3.05) is 26.4 Å². The number of rotatable bonds is 34. The van der Waals surface area contributed by atoms with Gasteiger partial charge in [-0.05, 0) is 77.0 Å². The molecule has 0 bridgehead atoms. The SMILES string of the molecule is CC/C=C\C/C=C\C/C=C\CCCCCCCCOCC(COC1OC(CO)C(O)C(O)C1O)OC(=O)CCCCCCC/C=C\C/C=C\C/C=C\CC. The van der Waals surface area contributed by atoms with Crippen LogP contribution in [0.4, 0.5) is 0 Å². The van der Waals surface area contributed by atoms with E-state index < -0.39 is 43.4 Å². The number of aliphatic hydroxyl groups excluding tert-OH is 4. The van der Waals surface area contributed by atoms with Crippen LogP contribution in [0.25, 0.3) is 0 Å². The molecule has 9 nitrogen and oxygen atoms in total. The van der Waals surface area contributed by atoms with Crippen LogP contribution in [0, 0.1) is 0 Å². The summed E-state index contributed by atoms with van der Waals surface area (Å²) < 4.78 is 22.7. The zero-order chi connectivity index (χ0) is 39.3. The molecule has 9 heteroatoms. The normalized spacial score (nSPS) is 21.6. The van der Waals surface area contributed by atoms with Crippen molar-refractivity contribution < 1.29 is 44.2 Å². The van der Waals surface area contributed by atoms with Gasteiger partial charge in [-0.2, -0.15) is 0 Å². The second kappa shape index (κ2) is 36.3. The van der Waals surface area contributed by atoms with Gasteiger partial charge < -0.3 is 39.4 Å². The number of allylic oxidation sites excluding steroid dienone is 12. The summed E-state index contributed by atoms with van der Waals surface area (Å²) in [7, 11) is 0. The van der Waals surface area contributed by atoms with Gasteiger partial charge in [0.05, 0.1) is 19.8 Å². The molecule has 0 aliphatic carbocycles. The molecule has 54 heavy (non-hydrogen) atoms. The Labute approximate surface area is 327 Å². The van der Waals surface area contributed by atoms with Crippen molar-refractivity contribution in [2.24, 2.45) is 0 Å². The number of carbonyl (C=O) groups is 1. The van der Waals surface area contributed by atoms with E-state index in [1.807, 2.05) is 0 Å². The van der Waals surface area contributed by atoms with E-state index in [1.54, 1.807) is 0 Å². The number of esters is 1. The summed E-state index contributed by atoms with van der Waals surface area (Å²) >= 11 is 0. The first-order valence-corrected chi connectivity index (χ1v) is 21.0. The Morgan fingerprint density at radius 3 is 1.61 bits per heavy atom. The Kier molecular flexibility index (Phi) is 33.4. The first-order chi connectivity index (χ1) is 26.4. The summed E-state index contributed by atoms with van der Waals surface area (Å²) in [4.78, 5) is 12.7. The van der Waals surface area contributed by atoms with E-state index >= 15 is 0 Å². The quantitative estimate of drug-likeness (QED) is 0.0288. The van der Waals surface area contributed by atoms with Crippen LogP contribution in [0.15, 0.2) is 72.9 Å². The monoisotopic (exact) mass is 761 g/mol. The van der Waals surface area contributed by atoms with Crippen molar-refractivity contribution in [3.05, 3.63) is 72.9 Å². The van der Waals surface area contributed by atoms with Crippen molar-refractivity contribution in [3.63, 3.8) is 0 Å². The highest BCUT2D eigenvalue weighted by Crippen LogP contribution is 2.22. The molecule has 6 atom stereocenters. The van der Waals surface area contributed by atoms with Gasteiger partial charge in [-0.3, -0.25) is 4.79 Å². The van der Waals surface area contributed by atoms with Crippen LogP contribution in [-0.2, 0) is 23.7 Å². The molecule has 0 amide bonds. The third-order valence-electron chi connectivity index (χ3n) is 9.12. The van der Waals surface area contributed by atoms with Gasteiger partial charge in [0.2, 0.25) is 0 Å². The molecule has 1 heterocycles. The summed E-state index contributed by atoms with van der Waals surface area (Å²) in [6.45, 7) is 4.26. The van der Waals surface area contributed by atoms with E-state index in [0.29, 0.717) is 13.0 Å². The molecule has 0 aromatic carbocycles. The number of hydrogen-bond donors (Lipinski definition) is 4. The Morgan fingerprint density at radius 2 is 1.07 bits per heavy atom. The number of ether oxygens (including phenoxy) is 4. The smallest absolute Gasteiger partial charge is 0.306 e. The zero-order valence-corrected chi connectivity index (χ0v) is 33.7. The molecule has 6 unspecified atom stereocenters. The summed E-state index contributed by atoms with van der Waals surface area (Å²) in [5, 5.41) is 40.0. The standard InChI is InChI=1S/C45H76O9/c1-3-5-7-9-11-13-15-17-19-21-23-25-27-29-31-33-35-51-37-39(38-52-45-44(50)43(49)42(48)40(36-46)54-45)53-41(47)34-32-30-28-26-24-22-20-18-16-14-12-10-8-6-4-2/h5-8,11-14,17-20,39-40,42-46,48-50H,3-4,9-10,15-16,21-38H2,1-2H3/b7-5-,8-6-,13-11-,14-12-,19-17-,20-18-. The second-order valence-corrected chi connectivity index (χ2v) is 14.0. The molecule has 0 spiro atoms. The lowest BCUT2D eigenvalue weighted by Gasteiger charge is -2.39. The van der Waals surface area contributed by atoms with Crippen LogP contribution < -0.4 is 0 Å². The maximum absolute atomic E-state index is 12.7. The fourth-order valence-corrected chi connectivity index (χ4v) is 5.87. The summed E-state index contributed by atoms with van der Waals surface area (Å²) in [6, 6.07) is 0. The largest absolute Gasteiger partial charge is 0.457 e. The number of carbonyl (C=O) groups excluding carboxylic acids is 1. The molecule has 0 saturated carbocycles. The molecule has 0 aromatic rings. The highest BCUT2D eigenvalue weighted by molar-refractivity contribution is 5.69. The Bertz CT molecular complexity index is 1050. The van der Waals surface area contributed by atoms with Gasteiger partial charge in [-0.25, -0.2) is 0 Å². The van der Waals surface area contributed by atoms with Gasteiger partial charge in [0, 0.05) is 13.0 Å². The molecule has 1 rings (SSSR count). The molecular weight excluding hydrogens is 684 g/mol. The minimum atomic E-state index is -1.55. The van der Waals surface area contributed by atoms with Crippen LogP contribution in [0.1, 0.15) is 142 Å². The summed E-state index contributed by atoms with van der Waals surface area (Å²) in [5.74, 6) is -0.340. The molecule has 4 N–H and O–H groups in total. The van der Waals surface area contributed by atoms with Crippen LogP contribution >= 0.6 is 0 Å². The van der Waals surface area contributed by atoms with Crippen molar-refractivity contribution in [2.45, 2.75) is 179 Å². The van der Waals surface area contributed by atoms with Gasteiger partial charge in [-0.1, -0.05) is 132 Å². The Morgan fingerprint density at radius 1 is 0.593 bits per heavy atom. The van der Waals surface area contributed by atoms with E-state index in [2.05, 4.69) is 86.8 Å². The fraction of sp³-hybridized carbons (Fsp3) is 0.711. The third kappa shape index (κ3) is 27.2. The van der Waals surface area contributed by atoms with Gasteiger partial charge >= 0.3 is 5.97 Å². The van der Waals surface area contributed by atoms with Gasteiger partial charge in [-0.15, -0.1) is 0 Å². The van der Waals surface area contributed by atoms with E-state index in [-0.39, 0.29) is 19.2 Å². The molecule has 0 aromatic heterocycles. The average Bonchev–Trinajstić information content (AvgIpc) is 3.17. The van der Waals surface area contributed by atoms with Gasteiger partial charge in [0.15, 0.2) is 6.29 Å². The van der Waals surface area contributed by atoms with E-state index in [0.717, 1.165) is 103 Å². The maximum Gasteiger partial charge on any atom is 0.306 e. The van der Waals surface area contributed by atoms with Gasteiger partial charge in [0.25, 0.3) is 0 Å².